The van der Waals surface area contributed by atoms with Crippen LogP contribution in [0.2, 0.25) is 0 Å². The lowest BCUT2D eigenvalue weighted by molar-refractivity contribution is -0.134. The molecule has 1 aliphatic heterocycles. The van der Waals surface area contributed by atoms with Crippen LogP contribution in [0.15, 0.2) is 41.8 Å². The van der Waals surface area contributed by atoms with Gasteiger partial charge in [-0.2, -0.15) is 0 Å². The van der Waals surface area contributed by atoms with Gasteiger partial charge >= 0.3 is 0 Å². The van der Waals surface area contributed by atoms with Crippen LogP contribution >= 0.6 is 11.3 Å². The highest BCUT2D eigenvalue weighted by atomic mass is 32.1. The molecule has 1 aliphatic rings. The molecule has 3 amide bonds. The Hall–Kier alpha value is -3.07. The number of hydrogen-bond donors (Lipinski definition) is 2. The number of amides is 3. The molecule has 1 unspecified atom stereocenters. The number of piperidine rings is 1. The molecule has 2 N–H and O–H groups in total. The number of thiophene rings is 1. The lowest BCUT2D eigenvalue weighted by Crippen LogP contribution is -2.50. The van der Waals surface area contributed by atoms with Crippen LogP contribution in [0, 0.1) is 5.92 Å². The second kappa shape index (κ2) is 10.8. The number of carbonyl (C=O) groups is 3. The van der Waals surface area contributed by atoms with Gasteiger partial charge in [-0.3, -0.25) is 25.2 Å². The maximum absolute atomic E-state index is 12.4. The SMILES string of the molecule is CCOc1ccc(OC(C)C(=O)NNC(=O)C2CCN(C(=O)c3cccs3)CC2)cc1. The fourth-order valence-corrected chi connectivity index (χ4v) is 3.96. The fourth-order valence-electron chi connectivity index (χ4n) is 3.27. The van der Waals surface area contributed by atoms with E-state index >= 15 is 0 Å². The molecule has 0 spiro atoms. The van der Waals surface area contributed by atoms with E-state index in [1.165, 1.54) is 11.3 Å². The average molecular weight is 446 g/mol. The van der Waals surface area contributed by atoms with E-state index in [1.807, 2.05) is 18.4 Å². The Balaban J connectivity index is 1.39. The minimum Gasteiger partial charge on any atom is -0.494 e. The zero-order valence-corrected chi connectivity index (χ0v) is 18.4. The molecular formula is C22H27N3O5S. The van der Waals surface area contributed by atoms with Crippen LogP contribution < -0.4 is 20.3 Å². The summed E-state index contributed by atoms with van der Waals surface area (Å²) >= 11 is 1.41. The summed E-state index contributed by atoms with van der Waals surface area (Å²) in [7, 11) is 0. The lowest BCUT2D eigenvalue weighted by Gasteiger charge is -2.31. The van der Waals surface area contributed by atoms with Crippen LogP contribution in [0.1, 0.15) is 36.4 Å². The summed E-state index contributed by atoms with van der Waals surface area (Å²) in [6.45, 7) is 5.11. The second-order valence-electron chi connectivity index (χ2n) is 7.19. The summed E-state index contributed by atoms with van der Waals surface area (Å²) in [5.41, 5.74) is 4.90. The third kappa shape index (κ3) is 6.21. The third-order valence-corrected chi connectivity index (χ3v) is 5.87. The Morgan fingerprint density at radius 2 is 1.77 bits per heavy atom. The first-order valence-corrected chi connectivity index (χ1v) is 11.2. The van der Waals surface area contributed by atoms with Gasteiger partial charge < -0.3 is 14.4 Å². The van der Waals surface area contributed by atoms with Crippen LogP contribution in [0.4, 0.5) is 0 Å². The molecule has 1 saturated heterocycles. The number of hydrogen-bond acceptors (Lipinski definition) is 6. The first kappa shape index (κ1) is 22.6. The van der Waals surface area contributed by atoms with E-state index in [2.05, 4.69) is 10.9 Å². The van der Waals surface area contributed by atoms with Crippen molar-refractivity contribution < 1.29 is 23.9 Å². The molecule has 1 fully saturated rings. The predicted molar refractivity (Wildman–Crippen MR) is 117 cm³/mol. The standard InChI is InChI=1S/C22H27N3O5S/c1-3-29-17-6-8-18(9-7-17)30-15(2)20(26)23-24-21(27)16-10-12-25(13-11-16)22(28)19-5-4-14-31-19/h4-9,14-16H,3,10-13H2,1-2H3,(H,23,26)(H,24,27). The largest absolute Gasteiger partial charge is 0.494 e. The number of hydrazine groups is 1. The molecule has 9 heteroatoms. The van der Waals surface area contributed by atoms with E-state index in [1.54, 1.807) is 42.2 Å². The van der Waals surface area contributed by atoms with Crippen LogP contribution in [0.3, 0.4) is 0 Å². The number of rotatable bonds is 7. The molecule has 1 atom stereocenters. The van der Waals surface area contributed by atoms with Gasteiger partial charge in [-0.05, 0) is 62.4 Å². The van der Waals surface area contributed by atoms with Crippen molar-refractivity contribution in [2.45, 2.75) is 32.8 Å². The quantitative estimate of drug-likeness (QED) is 0.639. The monoisotopic (exact) mass is 445 g/mol. The lowest BCUT2D eigenvalue weighted by atomic mass is 9.96. The van der Waals surface area contributed by atoms with Crippen LogP contribution in [0.5, 0.6) is 11.5 Å². The molecule has 2 aromatic rings. The van der Waals surface area contributed by atoms with Crippen molar-refractivity contribution in [3.05, 3.63) is 46.7 Å². The smallest absolute Gasteiger partial charge is 0.279 e. The Bertz CT molecular complexity index is 877. The Morgan fingerprint density at radius 1 is 1.10 bits per heavy atom. The predicted octanol–water partition coefficient (Wildman–Crippen LogP) is 2.61. The Labute approximate surface area is 185 Å². The number of carbonyl (C=O) groups excluding carboxylic acids is 3. The molecule has 1 aromatic heterocycles. The summed E-state index contributed by atoms with van der Waals surface area (Å²) < 4.78 is 11.0. The summed E-state index contributed by atoms with van der Waals surface area (Å²) in [5, 5.41) is 1.87. The Morgan fingerprint density at radius 3 is 2.39 bits per heavy atom. The molecule has 0 radical (unpaired) electrons. The van der Waals surface area contributed by atoms with Gasteiger partial charge in [0.05, 0.1) is 11.5 Å². The van der Waals surface area contributed by atoms with Crippen LogP contribution in [-0.4, -0.2) is 48.4 Å². The highest BCUT2D eigenvalue weighted by molar-refractivity contribution is 7.12. The molecule has 3 rings (SSSR count). The highest BCUT2D eigenvalue weighted by Crippen LogP contribution is 2.21. The van der Waals surface area contributed by atoms with Crippen molar-refractivity contribution in [2.24, 2.45) is 5.92 Å². The molecule has 31 heavy (non-hydrogen) atoms. The number of benzene rings is 1. The van der Waals surface area contributed by atoms with Crippen LogP contribution in [0.25, 0.3) is 0 Å². The second-order valence-corrected chi connectivity index (χ2v) is 8.13. The molecule has 8 nitrogen and oxygen atoms in total. The topological polar surface area (TPSA) is 97.0 Å². The summed E-state index contributed by atoms with van der Waals surface area (Å²) in [5.74, 6) is 0.289. The van der Waals surface area contributed by atoms with Crippen molar-refractivity contribution in [2.75, 3.05) is 19.7 Å². The van der Waals surface area contributed by atoms with Gasteiger partial charge in [0.25, 0.3) is 11.8 Å². The molecule has 166 valence electrons. The van der Waals surface area contributed by atoms with E-state index < -0.39 is 12.0 Å². The first-order chi connectivity index (χ1) is 15.0. The van der Waals surface area contributed by atoms with E-state index in [4.69, 9.17) is 9.47 Å². The summed E-state index contributed by atoms with van der Waals surface area (Å²) in [6.07, 6.45) is 0.317. The third-order valence-electron chi connectivity index (χ3n) is 5.01. The number of nitrogens with zero attached hydrogens (tertiary/aromatic N) is 1. The van der Waals surface area contributed by atoms with Crippen molar-refractivity contribution >= 4 is 29.1 Å². The van der Waals surface area contributed by atoms with Gasteiger partial charge in [0.15, 0.2) is 6.10 Å². The maximum Gasteiger partial charge on any atom is 0.279 e. The number of likely N-dealkylation sites (tertiary alicyclic amines) is 1. The van der Waals surface area contributed by atoms with Crippen molar-refractivity contribution in [3.8, 4) is 11.5 Å². The van der Waals surface area contributed by atoms with Crippen LogP contribution in [-0.2, 0) is 9.59 Å². The Kier molecular flexibility index (Phi) is 7.88. The number of nitrogens with one attached hydrogen (secondary N) is 2. The first-order valence-electron chi connectivity index (χ1n) is 10.3. The van der Waals surface area contributed by atoms with Gasteiger partial charge in [0.2, 0.25) is 5.91 Å². The number of ether oxygens (including phenoxy) is 2. The summed E-state index contributed by atoms with van der Waals surface area (Å²) in [6, 6.07) is 10.6. The van der Waals surface area contributed by atoms with Gasteiger partial charge in [-0.25, -0.2) is 0 Å². The van der Waals surface area contributed by atoms with Gasteiger partial charge in [0, 0.05) is 19.0 Å². The normalized spacial score (nSPS) is 15.1. The summed E-state index contributed by atoms with van der Waals surface area (Å²) in [4.78, 5) is 39.5. The van der Waals surface area contributed by atoms with Gasteiger partial charge in [0.1, 0.15) is 11.5 Å². The van der Waals surface area contributed by atoms with E-state index in [0.717, 1.165) is 5.75 Å². The van der Waals surface area contributed by atoms with E-state index in [0.29, 0.717) is 43.2 Å². The van der Waals surface area contributed by atoms with Crippen molar-refractivity contribution in [1.82, 2.24) is 15.8 Å². The minimum absolute atomic E-state index is 0.00224. The molecular weight excluding hydrogens is 418 g/mol. The molecule has 0 aliphatic carbocycles. The van der Waals surface area contributed by atoms with Gasteiger partial charge in [-0.15, -0.1) is 11.3 Å². The van der Waals surface area contributed by atoms with Crippen molar-refractivity contribution in [3.63, 3.8) is 0 Å². The minimum atomic E-state index is -0.788. The van der Waals surface area contributed by atoms with Crippen molar-refractivity contribution in [1.29, 1.82) is 0 Å². The van der Waals surface area contributed by atoms with Gasteiger partial charge in [-0.1, -0.05) is 6.07 Å². The zero-order valence-electron chi connectivity index (χ0n) is 17.6. The van der Waals surface area contributed by atoms with E-state index in [-0.39, 0.29) is 17.7 Å². The highest BCUT2D eigenvalue weighted by Gasteiger charge is 2.28. The zero-order chi connectivity index (χ0) is 22.2. The molecule has 0 bridgehead atoms. The maximum atomic E-state index is 12.4. The average Bonchev–Trinajstić information content (AvgIpc) is 3.33. The van der Waals surface area contributed by atoms with E-state index in [9.17, 15) is 14.4 Å². The molecule has 0 saturated carbocycles. The molecule has 2 heterocycles. The molecule has 1 aromatic carbocycles. The fraction of sp³-hybridized carbons (Fsp3) is 0.409.